The molecule has 10 rings (SSSR count). The van der Waals surface area contributed by atoms with E-state index in [0.717, 1.165) is 30.6 Å². The zero-order valence-corrected chi connectivity index (χ0v) is 39.6. The van der Waals surface area contributed by atoms with Crippen LogP contribution < -0.4 is 10.2 Å². The number of carbonyl (C=O) groups excluding carboxylic acids is 4. The average Bonchev–Trinajstić information content (AvgIpc) is 3.79. The SMILES string of the molecule is O=C1O[C@@H](c2ccccc2)[C@@H](c2ccccc2)N2[C@@H](c3ccc(O)cc3)[C@]3(C(=O)N(C(=O)OCc4ccc([N+](=O)[O-])cc4)c4ccc(C#CC5(O)CCCCCC5)cc43)[C@@H](C(=O)NC[C@H](O)c3ccccc3)[C@H]12. The van der Waals surface area contributed by atoms with Crippen LogP contribution in [0.3, 0.4) is 0 Å². The summed E-state index contributed by atoms with van der Waals surface area (Å²) in [5, 5.41) is 48.3. The van der Waals surface area contributed by atoms with Gasteiger partial charge in [-0.3, -0.25) is 29.4 Å². The van der Waals surface area contributed by atoms with E-state index in [2.05, 4.69) is 17.2 Å². The van der Waals surface area contributed by atoms with Crippen LogP contribution in [-0.4, -0.2) is 67.2 Å². The number of nitrogens with one attached hydrogen (secondary N) is 1. The summed E-state index contributed by atoms with van der Waals surface area (Å²) in [6.45, 7) is -0.731. The highest BCUT2D eigenvalue weighted by Gasteiger charge is 2.75. The average molecular weight is 981 g/mol. The number of rotatable bonds is 10. The number of amides is 3. The van der Waals surface area contributed by atoms with Gasteiger partial charge in [0.05, 0.1) is 34.7 Å². The van der Waals surface area contributed by atoms with Gasteiger partial charge in [0, 0.05) is 24.2 Å². The number of carbonyl (C=O) groups is 4. The first kappa shape index (κ1) is 48.5. The minimum Gasteiger partial charge on any atom is -0.508 e. The van der Waals surface area contributed by atoms with Crippen LogP contribution in [0.2, 0.25) is 0 Å². The number of phenolic OH excluding ortho intramolecular Hbond substituents is 1. The molecule has 3 fully saturated rings. The summed E-state index contributed by atoms with van der Waals surface area (Å²) in [6, 6.07) is 39.7. The highest BCUT2D eigenvalue weighted by Crippen LogP contribution is 2.66. The quantitative estimate of drug-likeness (QED) is 0.0335. The lowest BCUT2D eigenvalue weighted by Gasteiger charge is -2.46. The van der Waals surface area contributed by atoms with Crippen LogP contribution in [0.15, 0.2) is 158 Å². The number of anilines is 1. The number of cyclic esters (lactones) is 1. The van der Waals surface area contributed by atoms with Crippen LogP contribution in [0.25, 0.3) is 0 Å². The maximum absolute atomic E-state index is 16.6. The summed E-state index contributed by atoms with van der Waals surface area (Å²) in [5.41, 5.74) is -0.551. The molecule has 73 heavy (non-hydrogen) atoms. The predicted octanol–water partition coefficient (Wildman–Crippen LogP) is 8.59. The monoisotopic (exact) mass is 980 g/mol. The summed E-state index contributed by atoms with van der Waals surface area (Å²) in [5.74, 6) is 1.93. The molecule has 1 aliphatic carbocycles. The van der Waals surface area contributed by atoms with Crippen molar-refractivity contribution in [2.24, 2.45) is 5.92 Å². The molecule has 0 radical (unpaired) electrons. The largest absolute Gasteiger partial charge is 0.508 e. The van der Waals surface area contributed by atoms with Crippen LogP contribution in [0.4, 0.5) is 16.2 Å². The molecule has 2 saturated heterocycles. The van der Waals surface area contributed by atoms with E-state index in [1.807, 2.05) is 65.6 Å². The van der Waals surface area contributed by atoms with Crippen molar-refractivity contribution >= 4 is 35.3 Å². The number of nitro benzene ring substituents is 1. The number of ether oxygens (including phenoxy) is 2. The van der Waals surface area contributed by atoms with E-state index in [1.54, 1.807) is 54.6 Å². The van der Waals surface area contributed by atoms with Crippen molar-refractivity contribution in [3.8, 4) is 17.6 Å². The Morgan fingerprint density at radius 2 is 1.42 bits per heavy atom. The Balaban J connectivity index is 1.21. The summed E-state index contributed by atoms with van der Waals surface area (Å²) >= 11 is 0. The molecular formula is C58H52N4O11. The third-order valence-corrected chi connectivity index (χ3v) is 14.7. The summed E-state index contributed by atoms with van der Waals surface area (Å²) in [7, 11) is 0. The van der Waals surface area contributed by atoms with Crippen molar-refractivity contribution in [1.82, 2.24) is 10.2 Å². The molecule has 15 nitrogen and oxygen atoms in total. The molecule has 0 aromatic heterocycles. The number of aliphatic hydroxyl groups is 2. The van der Waals surface area contributed by atoms with E-state index >= 15 is 14.4 Å². The second-order valence-corrected chi connectivity index (χ2v) is 19.1. The number of nitro groups is 1. The molecule has 7 atom stereocenters. The van der Waals surface area contributed by atoms with Gasteiger partial charge >= 0.3 is 12.1 Å². The minimum absolute atomic E-state index is 0.0346. The fraction of sp³-hybridized carbons (Fsp3) is 0.276. The maximum atomic E-state index is 16.6. The van der Waals surface area contributed by atoms with Gasteiger partial charge in [0.15, 0.2) is 0 Å². The molecule has 6 aromatic rings. The van der Waals surface area contributed by atoms with E-state index in [0.29, 0.717) is 46.2 Å². The van der Waals surface area contributed by atoms with Gasteiger partial charge in [0.25, 0.3) is 5.69 Å². The second kappa shape index (κ2) is 20.2. The number of aliphatic hydroxyl groups excluding tert-OH is 1. The van der Waals surface area contributed by atoms with Crippen LogP contribution >= 0.6 is 0 Å². The molecule has 4 N–H and O–H groups in total. The second-order valence-electron chi connectivity index (χ2n) is 19.1. The Kier molecular flexibility index (Phi) is 13.4. The Labute approximate surface area is 421 Å². The fourth-order valence-electron chi connectivity index (χ4n) is 11.3. The molecule has 1 saturated carbocycles. The van der Waals surface area contributed by atoms with Gasteiger partial charge in [-0.05, 0) is 102 Å². The molecule has 3 heterocycles. The third-order valence-electron chi connectivity index (χ3n) is 14.7. The number of non-ortho nitro benzene ring substituents is 1. The van der Waals surface area contributed by atoms with E-state index in [4.69, 9.17) is 9.47 Å². The lowest BCUT2D eigenvalue weighted by Crippen LogP contribution is -2.56. The Morgan fingerprint density at radius 1 is 0.795 bits per heavy atom. The number of hydrogen-bond donors (Lipinski definition) is 4. The Bertz CT molecular complexity index is 3100. The highest BCUT2D eigenvalue weighted by molar-refractivity contribution is 6.23. The number of imide groups is 1. The van der Waals surface area contributed by atoms with Crippen LogP contribution in [0, 0.1) is 27.9 Å². The van der Waals surface area contributed by atoms with Crippen LogP contribution in [-0.2, 0) is 35.9 Å². The standard InChI is InChI=1S/C58H52N4O11/c63-44-27-23-42(24-28-44)52-58(45-34-37(30-33-57(69)31-12-1-2-13-32-57)22-29-46(45)60(55(58)67)56(68)72-36-38-20-25-43(26-21-38)62(70)71)48(53(65)59-35-47(64)39-14-6-3-7-15-39)50-54(66)73-51(41-18-10-5-11-19-41)49(61(50)52)40-16-8-4-9-17-40/h3-11,14-29,34,47-52,63-64,69H,1-2,12-13,31-32,35-36H2,(H,59,65)/t47-,48+,49+,50+,51-,52-,58+/m0/s1. The molecule has 3 aliphatic heterocycles. The topological polar surface area (TPSA) is 209 Å². The molecule has 4 aliphatic rings. The van der Waals surface area contributed by atoms with Crippen molar-refractivity contribution in [2.45, 2.75) is 86.5 Å². The van der Waals surface area contributed by atoms with Crippen molar-refractivity contribution in [2.75, 3.05) is 11.4 Å². The number of benzene rings is 6. The number of aromatic hydroxyl groups is 1. The normalized spacial score (nSPS) is 23.5. The van der Waals surface area contributed by atoms with Crippen LogP contribution in [0.5, 0.6) is 5.75 Å². The third kappa shape index (κ3) is 9.09. The van der Waals surface area contributed by atoms with E-state index in [-0.39, 0.29) is 29.2 Å². The number of phenols is 1. The minimum atomic E-state index is -2.21. The van der Waals surface area contributed by atoms with Crippen molar-refractivity contribution in [3.05, 3.63) is 207 Å². The lowest BCUT2D eigenvalue weighted by atomic mass is 9.65. The number of morpholine rings is 1. The van der Waals surface area contributed by atoms with Crippen molar-refractivity contribution < 1.29 is 48.9 Å². The zero-order valence-electron chi connectivity index (χ0n) is 39.6. The first-order chi connectivity index (χ1) is 35.4. The fourth-order valence-corrected chi connectivity index (χ4v) is 11.3. The summed E-state index contributed by atoms with van der Waals surface area (Å²) in [6.07, 6.45) is 1.08. The van der Waals surface area contributed by atoms with Crippen molar-refractivity contribution in [3.63, 3.8) is 0 Å². The number of hydrogen-bond acceptors (Lipinski definition) is 12. The van der Waals surface area contributed by atoms with Gasteiger partial charge in [-0.25, -0.2) is 9.69 Å². The van der Waals surface area contributed by atoms with Gasteiger partial charge in [-0.2, -0.15) is 0 Å². The molecule has 0 bridgehead atoms. The van der Waals surface area contributed by atoms with Crippen LogP contribution in [0.1, 0.15) is 102 Å². The van der Waals surface area contributed by atoms with E-state index in [9.17, 15) is 30.2 Å². The Morgan fingerprint density at radius 3 is 2.07 bits per heavy atom. The van der Waals surface area contributed by atoms with Crippen molar-refractivity contribution in [1.29, 1.82) is 0 Å². The highest BCUT2D eigenvalue weighted by atomic mass is 16.6. The number of fused-ring (bicyclic) bond motifs is 3. The number of esters is 1. The molecule has 3 amide bonds. The predicted molar refractivity (Wildman–Crippen MR) is 267 cm³/mol. The van der Waals surface area contributed by atoms with Gasteiger partial charge in [0.1, 0.15) is 35.5 Å². The van der Waals surface area contributed by atoms with E-state index < -0.39 is 82.7 Å². The molecule has 6 aromatic carbocycles. The van der Waals surface area contributed by atoms with Gasteiger partial charge in [0.2, 0.25) is 11.8 Å². The summed E-state index contributed by atoms with van der Waals surface area (Å²) < 4.78 is 12.4. The number of nitrogens with zero attached hydrogens (tertiary/aromatic N) is 3. The maximum Gasteiger partial charge on any atom is 0.421 e. The van der Waals surface area contributed by atoms with E-state index in [1.165, 1.54) is 42.5 Å². The first-order valence-corrected chi connectivity index (χ1v) is 24.4. The molecular weight excluding hydrogens is 929 g/mol. The van der Waals surface area contributed by atoms with Gasteiger partial charge in [-0.15, -0.1) is 0 Å². The smallest absolute Gasteiger partial charge is 0.421 e. The molecule has 15 heteroatoms. The molecule has 370 valence electrons. The first-order valence-electron chi connectivity index (χ1n) is 24.4. The van der Waals surface area contributed by atoms with Gasteiger partial charge < -0.3 is 30.1 Å². The lowest BCUT2D eigenvalue weighted by molar-refractivity contribution is -0.384. The molecule has 0 unspecified atom stereocenters. The molecule has 1 spiro atoms. The Hall–Kier alpha value is -8.16. The van der Waals surface area contributed by atoms with Gasteiger partial charge in [-0.1, -0.05) is 128 Å². The zero-order chi connectivity index (χ0) is 50.9. The summed E-state index contributed by atoms with van der Waals surface area (Å²) in [4.78, 5) is 76.2.